The molecule has 1 rings (SSSR count). The van der Waals surface area contributed by atoms with Crippen LogP contribution in [0.4, 0.5) is 0 Å². The molecule has 0 aromatic heterocycles. The number of hydrogen-bond donors (Lipinski definition) is 1. The van der Waals surface area contributed by atoms with Gasteiger partial charge in [-0.2, -0.15) is 0 Å². The van der Waals surface area contributed by atoms with E-state index < -0.39 is 0 Å². The van der Waals surface area contributed by atoms with Gasteiger partial charge in [-0.15, -0.1) is 0 Å². The number of nitrogens with one attached hydrogen (secondary N) is 1. The first-order valence-corrected chi connectivity index (χ1v) is 7.91. The summed E-state index contributed by atoms with van der Waals surface area (Å²) < 4.78 is 11.3. The minimum Gasteiger partial charge on any atom is -0.493 e. The van der Waals surface area contributed by atoms with E-state index >= 15 is 0 Å². The highest BCUT2D eigenvalue weighted by Gasteiger charge is 2.13. The van der Waals surface area contributed by atoms with Crippen molar-refractivity contribution >= 4 is 0 Å². The third kappa shape index (κ3) is 6.38. The molecule has 3 heteroatoms. The van der Waals surface area contributed by atoms with Crippen molar-refractivity contribution in [1.29, 1.82) is 0 Å². The Morgan fingerprint density at radius 2 is 1.90 bits per heavy atom. The lowest BCUT2D eigenvalue weighted by Crippen LogP contribution is -2.19. The van der Waals surface area contributed by atoms with Crippen LogP contribution >= 0.6 is 0 Å². The Kier molecular flexibility index (Phi) is 7.03. The topological polar surface area (TPSA) is 30.5 Å². The number of hydrogen-bond acceptors (Lipinski definition) is 3. The molecule has 0 aliphatic rings. The average Bonchev–Trinajstić information content (AvgIpc) is 2.43. The first-order valence-electron chi connectivity index (χ1n) is 7.91. The van der Waals surface area contributed by atoms with Crippen molar-refractivity contribution in [1.82, 2.24) is 5.32 Å². The lowest BCUT2D eigenvalue weighted by molar-refractivity contribution is 0.234. The Morgan fingerprint density at radius 1 is 1.19 bits per heavy atom. The van der Waals surface area contributed by atoms with Crippen LogP contribution in [0.5, 0.6) is 11.5 Å². The van der Waals surface area contributed by atoms with E-state index in [9.17, 15) is 0 Å². The van der Waals surface area contributed by atoms with Gasteiger partial charge in [0.2, 0.25) is 0 Å². The van der Waals surface area contributed by atoms with E-state index in [1.54, 1.807) is 7.11 Å². The Morgan fingerprint density at radius 3 is 2.48 bits per heavy atom. The molecule has 3 nitrogen and oxygen atoms in total. The van der Waals surface area contributed by atoms with Crippen LogP contribution in [0.25, 0.3) is 0 Å². The lowest BCUT2D eigenvalue weighted by Gasteiger charge is -2.20. The number of benzene rings is 1. The summed E-state index contributed by atoms with van der Waals surface area (Å²) in [5, 5.41) is 3.49. The minimum atomic E-state index is 0.283. The Hall–Kier alpha value is -1.22. The van der Waals surface area contributed by atoms with Gasteiger partial charge in [0, 0.05) is 6.04 Å². The van der Waals surface area contributed by atoms with Gasteiger partial charge in [0.25, 0.3) is 0 Å². The Balaban J connectivity index is 2.70. The molecule has 0 saturated heterocycles. The fourth-order valence-corrected chi connectivity index (χ4v) is 2.02. The van der Waals surface area contributed by atoms with Crippen molar-refractivity contribution in [2.24, 2.45) is 5.41 Å². The van der Waals surface area contributed by atoms with Gasteiger partial charge in [-0.3, -0.25) is 0 Å². The zero-order chi connectivity index (χ0) is 15.9. The second-order valence-electron chi connectivity index (χ2n) is 6.75. The van der Waals surface area contributed by atoms with E-state index in [-0.39, 0.29) is 5.41 Å². The van der Waals surface area contributed by atoms with Crippen LogP contribution in [0.3, 0.4) is 0 Å². The second kappa shape index (κ2) is 8.28. The fraction of sp³-hybridized carbons (Fsp3) is 0.667. The van der Waals surface area contributed by atoms with E-state index in [1.165, 1.54) is 5.56 Å². The highest BCUT2D eigenvalue weighted by Crippen LogP contribution is 2.31. The van der Waals surface area contributed by atoms with Crippen molar-refractivity contribution in [3.05, 3.63) is 23.8 Å². The maximum Gasteiger partial charge on any atom is 0.161 e. The van der Waals surface area contributed by atoms with E-state index in [0.717, 1.165) is 30.9 Å². The zero-order valence-corrected chi connectivity index (χ0v) is 14.5. The quantitative estimate of drug-likeness (QED) is 0.761. The molecule has 1 unspecified atom stereocenters. The van der Waals surface area contributed by atoms with Gasteiger partial charge < -0.3 is 14.8 Å². The standard InChI is InChI=1S/C18H31NO2/c1-7-11-19-14(2)15-8-9-16(17(13-15)20-6)21-12-10-18(3,4)5/h8-9,13-14,19H,7,10-12H2,1-6H3. The predicted octanol–water partition coefficient (Wildman–Crippen LogP) is 4.57. The number of ether oxygens (including phenoxy) is 2. The molecule has 1 N–H and O–H groups in total. The molecule has 0 saturated carbocycles. The second-order valence-corrected chi connectivity index (χ2v) is 6.75. The number of methoxy groups -OCH3 is 1. The van der Waals surface area contributed by atoms with Crippen molar-refractivity contribution in [2.75, 3.05) is 20.3 Å². The zero-order valence-electron chi connectivity index (χ0n) is 14.5. The van der Waals surface area contributed by atoms with E-state index in [0.29, 0.717) is 12.6 Å². The van der Waals surface area contributed by atoms with Gasteiger partial charge in [-0.05, 0) is 49.4 Å². The van der Waals surface area contributed by atoms with Crippen LogP contribution in [0.1, 0.15) is 59.1 Å². The van der Waals surface area contributed by atoms with E-state index in [4.69, 9.17) is 9.47 Å². The third-order valence-corrected chi connectivity index (χ3v) is 3.50. The lowest BCUT2D eigenvalue weighted by atomic mass is 9.93. The molecule has 21 heavy (non-hydrogen) atoms. The summed E-state index contributed by atoms with van der Waals surface area (Å²) in [5.74, 6) is 1.64. The molecule has 0 spiro atoms. The van der Waals surface area contributed by atoms with Gasteiger partial charge in [0.1, 0.15) is 0 Å². The van der Waals surface area contributed by atoms with Crippen molar-refractivity contribution < 1.29 is 9.47 Å². The summed E-state index contributed by atoms with van der Waals surface area (Å²) in [6.45, 7) is 12.7. The average molecular weight is 293 g/mol. The van der Waals surface area contributed by atoms with Crippen LogP contribution in [0.2, 0.25) is 0 Å². The smallest absolute Gasteiger partial charge is 0.161 e. The summed E-state index contributed by atoms with van der Waals surface area (Å²) in [5.41, 5.74) is 1.51. The first kappa shape index (κ1) is 17.8. The molecule has 1 aromatic rings. The molecule has 120 valence electrons. The first-order chi connectivity index (χ1) is 9.87. The van der Waals surface area contributed by atoms with Crippen LogP contribution in [0.15, 0.2) is 18.2 Å². The van der Waals surface area contributed by atoms with Gasteiger partial charge in [0.05, 0.1) is 13.7 Å². The molecular formula is C18H31NO2. The molecule has 0 radical (unpaired) electrons. The molecule has 0 fully saturated rings. The largest absolute Gasteiger partial charge is 0.493 e. The molecule has 1 atom stereocenters. The predicted molar refractivity (Wildman–Crippen MR) is 89.3 cm³/mol. The fourth-order valence-electron chi connectivity index (χ4n) is 2.02. The van der Waals surface area contributed by atoms with Crippen molar-refractivity contribution in [3.8, 4) is 11.5 Å². The molecule has 1 aromatic carbocycles. The summed E-state index contributed by atoms with van der Waals surface area (Å²) >= 11 is 0. The van der Waals surface area contributed by atoms with E-state index in [2.05, 4.69) is 52.1 Å². The monoisotopic (exact) mass is 293 g/mol. The SMILES string of the molecule is CCCNC(C)c1ccc(OCCC(C)(C)C)c(OC)c1. The summed E-state index contributed by atoms with van der Waals surface area (Å²) in [7, 11) is 1.69. The maximum atomic E-state index is 5.87. The maximum absolute atomic E-state index is 5.87. The van der Waals surface area contributed by atoms with Crippen LogP contribution < -0.4 is 14.8 Å². The molecule has 0 aliphatic carbocycles. The highest BCUT2D eigenvalue weighted by atomic mass is 16.5. The van der Waals surface area contributed by atoms with Gasteiger partial charge in [-0.25, -0.2) is 0 Å². The third-order valence-electron chi connectivity index (χ3n) is 3.50. The highest BCUT2D eigenvalue weighted by molar-refractivity contribution is 5.43. The normalized spacial score (nSPS) is 13.0. The van der Waals surface area contributed by atoms with Crippen molar-refractivity contribution in [3.63, 3.8) is 0 Å². The molecule has 0 heterocycles. The van der Waals surface area contributed by atoms with Gasteiger partial charge in [-0.1, -0.05) is 33.8 Å². The van der Waals surface area contributed by atoms with E-state index in [1.807, 2.05) is 6.07 Å². The molecular weight excluding hydrogens is 262 g/mol. The summed E-state index contributed by atoms with van der Waals surface area (Å²) in [6, 6.07) is 6.52. The van der Waals surface area contributed by atoms with Crippen LogP contribution in [0, 0.1) is 5.41 Å². The Bertz CT molecular complexity index is 424. The number of rotatable bonds is 8. The Labute approximate surface area is 130 Å². The van der Waals surface area contributed by atoms with Crippen molar-refractivity contribution in [2.45, 2.75) is 53.5 Å². The van der Waals surface area contributed by atoms with Crippen LogP contribution in [-0.4, -0.2) is 20.3 Å². The molecule has 0 bridgehead atoms. The molecule has 0 aliphatic heterocycles. The van der Waals surface area contributed by atoms with Gasteiger partial charge >= 0.3 is 0 Å². The summed E-state index contributed by atoms with van der Waals surface area (Å²) in [4.78, 5) is 0. The molecule has 0 amide bonds. The summed E-state index contributed by atoms with van der Waals surface area (Å²) in [6.07, 6.45) is 2.15. The minimum absolute atomic E-state index is 0.283. The van der Waals surface area contributed by atoms with Gasteiger partial charge in [0.15, 0.2) is 11.5 Å². The van der Waals surface area contributed by atoms with Crippen LogP contribution in [-0.2, 0) is 0 Å².